The molecule has 7 heteroatoms. The molecule has 0 unspecified atom stereocenters. The van der Waals surface area contributed by atoms with Crippen LogP contribution in [0.5, 0.6) is 0 Å². The number of hydrogen-bond donors (Lipinski definition) is 4. The average Bonchev–Trinajstić information content (AvgIpc) is 2.62. The van der Waals surface area contributed by atoms with E-state index in [1.807, 2.05) is 0 Å². The van der Waals surface area contributed by atoms with E-state index < -0.39 is 13.7 Å². The van der Waals surface area contributed by atoms with E-state index in [2.05, 4.69) is 28.9 Å². The molecule has 0 saturated carbocycles. The molecule has 0 aromatic rings. The van der Waals surface area contributed by atoms with E-state index in [1.54, 1.807) is 13.8 Å². The van der Waals surface area contributed by atoms with E-state index in [4.69, 9.17) is 14.7 Å². The van der Waals surface area contributed by atoms with Gasteiger partial charge in [-0.15, -0.1) is 0 Å². The molecule has 4 N–H and O–H groups in total. The van der Waals surface area contributed by atoms with Gasteiger partial charge >= 0.3 is 114 Å². The first-order valence-corrected chi connectivity index (χ1v) is 13.2. The van der Waals surface area contributed by atoms with Crippen molar-refractivity contribution in [1.82, 2.24) is 5.32 Å². The first kappa shape index (κ1) is 28.5. The number of carbonyl (C=O) groups excluding carboxylic acids is 1. The molecule has 0 aliphatic heterocycles. The van der Waals surface area contributed by atoms with Gasteiger partial charge in [-0.25, -0.2) is 0 Å². The molecular formula is C22H46NO5P. The molecule has 0 saturated heterocycles. The summed E-state index contributed by atoms with van der Waals surface area (Å²) in [5, 5.41) is 2.79. The normalized spacial score (nSPS) is 13.2. The summed E-state index contributed by atoms with van der Waals surface area (Å²) in [6.45, 7) is 5.52. The van der Waals surface area contributed by atoms with Crippen LogP contribution >= 0.6 is 8.17 Å². The summed E-state index contributed by atoms with van der Waals surface area (Å²) >= 11 is 0. The molecule has 0 aromatic carbocycles. The average molecular weight is 436 g/mol. The molecule has 1 amide bonds. The number of nitrogens with one attached hydrogen (secondary N) is 1. The standard InChI is InChI=1S/C22H46NO5P/c1-4-5-6-7-8-9-10-11-12-13-14-15-16-17-18-19-21(24)23-22(2,3)20-28-29(25,26)27/h11-12,25-27,29H,4-10,13-20H2,1-3H3,(H,23,24)/b12-11-. The molecule has 0 aliphatic rings. The second-order valence-electron chi connectivity index (χ2n) is 8.63. The third kappa shape index (κ3) is 22.0. The van der Waals surface area contributed by atoms with Crippen molar-refractivity contribution in [3.05, 3.63) is 12.2 Å². The zero-order valence-electron chi connectivity index (χ0n) is 18.9. The number of allylic oxidation sites excluding steroid dienone is 2. The Kier molecular flexibility index (Phi) is 16.9. The van der Waals surface area contributed by atoms with Crippen LogP contribution in [0.25, 0.3) is 0 Å². The van der Waals surface area contributed by atoms with Crippen LogP contribution in [0, 0.1) is 0 Å². The van der Waals surface area contributed by atoms with Crippen molar-refractivity contribution in [3.8, 4) is 0 Å². The Bertz CT molecular complexity index is 435. The second-order valence-corrected chi connectivity index (χ2v) is 10.1. The van der Waals surface area contributed by atoms with Crippen molar-refractivity contribution in [3.63, 3.8) is 0 Å². The molecular weight excluding hydrogens is 389 g/mol. The Hall–Kier alpha value is -0.520. The van der Waals surface area contributed by atoms with Crippen LogP contribution in [-0.2, 0) is 9.32 Å². The van der Waals surface area contributed by atoms with E-state index in [0.29, 0.717) is 6.42 Å². The molecule has 0 atom stereocenters. The number of amides is 1. The second kappa shape index (κ2) is 17.2. The fourth-order valence-electron chi connectivity index (χ4n) is 3.11. The van der Waals surface area contributed by atoms with Crippen molar-refractivity contribution in [2.45, 2.75) is 116 Å². The molecule has 0 aliphatic carbocycles. The monoisotopic (exact) mass is 435 g/mol. The van der Waals surface area contributed by atoms with Crippen LogP contribution in [-0.4, -0.2) is 32.7 Å². The van der Waals surface area contributed by atoms with Gasteiger partial charge in [-0.1, -0.05) is 51.2 Å². The minimum atomic E-state index is -4.54. The molecule has 0 spiro atoms. The Morgan fingerprint density at radius 1 is 0.862 bits per heavy atom. The number of carbonyl (C=O) groups is 1. The van der Waals surface area contributed by atoms with Crippen molar-refractivity contribution < 1.29 is 24.0 Å². The molecule has 29 heavy (non-hydrogen) atoms. The third-order valence-electron chi connectivity index (χ3n) is 4.77. The Morgan fingerprint density at radius 3 is 1.86 bits per heavy atom. The maximum atomic E-state index is 12.0. The Balaban J connectivity index is 3.51. The van der Waals surface area contributed by atoms with Crippen LogP contribution in [0.3, 0.4) is 0 Å². The van der Waals surface area contributed by atoms with Crippen LogP contribution in [0.1, 0.15) is 111 Å². The van der Waals surface area contributed by atoms with Crippen LogP contribution in [0.15, 0.2) is 12.2 Å². The zero-order chi connectivity index (χ0) is 22.0. The van der Waals surface area contributed by atoms with E-state index in [-0.39, 0.29) is 12.5 Å². The van der Waals surface area contributed by atoms with Gasteiger partial charge in [-0.2, -0.15) is 0 Å². The van der Waals surface area contributed by atoms with Crippen molar-refractivity contribution in [2.24, 2.45) is 0 Å². The first-order chi connectivity index (χ1) is 13.7. The Morgan fingerprint density at radius 2 is 1.34 bits per heavy atom. The number of hydrogen-bond acceptors (Lipinski definition) is 5. The first-order valence-electron chi connectivity index (χ1n) is 11.4. The molecule has 6 nitrogen and oxygen atoms in total. The molecule has 0 aromatic heterocycles. The van der Waals surface area contributed by atoms with E-state index >= 15 is 0 Å². The van der Waals surface area contributed by atoms with Crippen molar-refractivity contribution in [1.29, 1.82) is 0 Å². The fourth-order valence-corrected chi connectivity index (χ4v) is 3.66. The summed E-state index contributed by atoms with van der Waals surface area (Å²) < 4.78 is 4.61. The summed E-state index contributed by atoms with van der Waals surface area (Å²) in [5.74, 6) is -0.0858. The van der Waals surface area contributed by atoms with Gasteiger partial charge in [0.2, 0.25) is 0 Å². The molecule has 0 bridgehead atoms. The summed E-state index contributed by atoms with van der Waals surface area (Å²) in [5.41, 5.74) is -0.759. The van der Waals surface area contributed by atoms with Crippen LogP contribution < -0.4 is 5.32 Å². The Labute approximate surface area is 178 Å². The summed E-state index contributed by atoms with van der Waals surface area (Å²) in [7, 11) is -4.54. The number of rotatable bonds is 19. The summed E-state index contributed by atoms with van der Waals surface area (Å²) in [6, 6.07) is 0. The fraction of sp³-hybridized carbons (Fsp3) is 0.864. The zero-order valence-corrected chi connectivity index (χ0v) is 19.9. The van der Waals surface area contributed by atoms with Gasteiger partial charge in [-0.05, 0) is 12.8 Å². The third-order valence-corrected chi connectivity index (χ3v) is 5.30. The van der Waals surface area contributed by atoms with Gasteiger partial charge in [0.15, 0.2) is 0 Å². The molecule has 0 rings (SSSR count). The maximum absolute atomic E-state index is 12.0. The SMILES string of the molecule is CCCCCCCC/C=C\CCCCCCCC(=O)NC(C)(C)CO[PH](O)(O)O. The summed E-state index contributed by atoms with van der Waals surface area (Å²) in [6.07, 6.45) is 21.0. The van der Waals surface area contributed by atoms with E-state index in [0.717, 1.165) is 25.7 Å². The van der Waals surface area contributed by atoms with Gasteiger partial charge in [0, 0.05) is 0 Å². The summed E-state index contributed by atoms with van der Waals surface area (Å²) in [4.78, 5) is 38.6. The van der Waals surface area contributed by atoms with Gasteiger partial charge in [-0.3, -0.25) is 0 Å². The van der Waals surface area contributed by atoms with Crippen LogP contribution in [0.2, 0.25) is 0 Å². The van der Waals surface area contributed by atoms with E-state index in [9.17, 15) is 4.79 Å². The minimum absolute atomic E-state index is 0.0858. The topological polar surface area (TPSA) is 99.0 Å². The molecule has 174 valence electrons. The van der Waals surface area contributed by atoms with E-state index in [1.165, 1.54) is 57.8 Å². The molecule has 0 heterocycles. The predicted octanol–water partition coefficient (Wildman–Crippen LogP) is 5.32. The van der Waals surface area contributed by atoms with Gasteiger partial charge in [0.1, 0.15) is 0 Å². The predicted molar refractivity (Wildman–Crippen MR) is 123 cm³/mol. The van der Waals surface area contributed by atoms with Crippen LogP contribution in [0.4, 0.5) is 0 Å². The van der Waals surface area contributed by atoms with Gasteiger partial charge in [0.25, 0.3) is 0 Å². The van der Waals surface area contributed by atoms with Crippen molar-refractivity contribution in [2.75, 3.05) is 6.61 Å². The van der Waals surface area contributed by atoms with Crippen molar-refractivity contribution >= 4 is 14.1 Å². The van der Waals surface area contributed by atoms with Gasteiger partial charge < -0.3 is 0 Å². The number of unbranched alkanes of at least 4 members (excludes halogenated alkanes) is 11. The molecule has 0 fully saturated rings. The molecule has 0 radical (unpaired) electrons. The van der Waals surface area contributed by atoms with Gasteiger partial charge in [0.05, 0.1) is 0 Å². The quantitative estimate of drug-likeness (QED) is 0.125.